The molecular weight excluding hydrogens is 287 g/mol. The molecule has 1 aliphatic rings. The van der Waals surface area contributed by atoms with Crippen LogP contribution in [-0.2, 0) is 10.9 Å². The molecule has 1 aliphatic heterocycles. The lowest BCUT2D eigenvalue weighted by molar-refractivity contribution is -0.138. The van der Waals surface area contributed by atoms with Crippen molar-refractivity contribution >= 4 is 5.97 Å². The summed E-state index contributed by atoms with van der Waals surface area (Å²) in [7, 11) is 0. The van der Waals surface area contributed by atoms with Gasteiger partial charge in [0.05, 0.1) is 28.4 Å². The molecule has 0 saturated carbocycles. The Kier molecular flexibility index (Phi) is 3.40. The smallest absolute Gasteiger partial charge is 0.418 e. The molecular formula is C14H18F3NO3. The van der Waals surface area contributed by atoms with E-state index in [1.54, 1.807) is 13.8 Å². The first-order valence-corrected chi connectivity index (χ1v) is 6.56. The largest absolute Gasteiger partial charge is 0.478 e. The molecule has 1 unspecified atom stereocenters. The highest BCUT2D eigenvalue weighted by Gasteiger charge is 2.48. The van der Waals surface area contributed by atoms with Crippen molar-refractivity contribution in [1.29, 1.82) is 0 Å². The predicted octanol–water partition coefficient (Wildman–Crippen LogP) is 3.72. The van der Waals surface area contributed by atoms with Gasteiger partial charge in [-0.3, -0.25) is 0 Å². The van der Waals surface area contributed by atoms with Gasteiger partial charge in [0.25, 0.3) is 0 Å². The van der Waals surface area contributed by atoms with Crippen LogP contribution in [0.1, 0.15) is 56.1 Å². The molecule has 0 radical (unpaired) electrons. The van der Waals surface area contributed by atoms with Crippen LogP contribution in [-0.4, -0.2) is 26.8 Å². The molecule has 1 aromatic rings. The fourth-order valence-electron chi connectivity index (χ4n) is 3.05. The lowest BCUT2D eigenvalue weighted by Gasteiger charge is -2.28. The normalized spacial score (nSPS) is 24.2. The third-order valence-electron chi connectivity index (χ3n) is 3.77. The van der Waals surface area contributed by atoms with Crippen LogP contribution in [0.15, 0.2) is 12.4 Å². The van der Waals surface area contributed by atoms with Gasteiger partial charge < -0.3 is 14.4 Å². The number of aromatic carboxylic acids is 1. The first-order valence-electron chi connectivity index (χ1n) is 6.56. The summed E-state index contributed by atoms with van der Waals surface area (Å²) < 4.78 is 46.0. The van der Waals surface area contributed by atoms with Crippen LogP contribution in [0.3, 0.4) is 0 Å². The van der Waals surface area contributed by atoms with Crippen LogP contribution in [0, 0.1) is 0 Å². The number of carboxylic acids is 1. The van der Waals surface area contributed by atoms with Crippen LogP contribution >= 0.6 is 0 Å². The second-order valence-corrected chi connectivity index (χ2v) is 6.52. The molecule has 1 atom stereocenters. The fraction of sp³-hybridized carbons (Fsp3) is 0.643. The van der Waals surface area contributed by atoms with E-state index in [2.05, 4.69) is 0 Å². The maximum absolute atomic E-state index is 12.9. The van der Waals surface area contributed by atoms with Gasteiger partial charge in [-0.25, -0.2) is 4.79 Å². The van der Waals surface area contributed by atoms with Crippen molar-refractivity contribution in [3.8, 4) is 0 Å². The van der Waals surface area contributed by atoms with Crippen molar-refractivity contribution in [2.75, 3.05) is 0 Å². The van der Waals surface area contributed by atoms with Crippen molar-refractivity contribution in [1.82, 2.24) is 4.57 Å². The van der Waals surface area contributed by atoms with Gasteiger partial charge in [0.2, 0.25) is 0 Å². The standard InChI is InChI=1S/C14H18F3NO3/c1-12(2)5-10(13(3,4)21-12)18-6-8(11(19)20)9(7-18)14(15,16)17/h6-7,10H,5H2,1-4H3,(H,19,20). The Morgan fingerprint density at radius 2 is 1.90 bits per heavy atom. The van der Waals surface area contributed by atoms with Gasteiger partial charge in [-0.05, 0) is 34.1 Å². The Morgan fingerprint density at radius 3 is 2.24 bits per heavy atom. The second kappa shape index (κ2) is 4.50. The molecule has 0 bridgehead atoms. The molecule has 1 saturated heterocycles. The summed E-state index contributed by atoms with van der Waals surface area (Å²) in [5.74, 6) is -1.59. The predicted molar refractivity (Wildman–Crippen MR) is 69.3 cm³/mol. The van der Waals surface area contributed by atoms with E-state index >= 15 is 0 Å². The third-order valence-corrected chi connectivity index (χ3v) is 3.77. The Bertz CT molecular complexity index is 573. The third kappa shape index (κ3) is 2.92. The number of ether oxygens (including phenoxy) is 1. The van der Waals surface area contributed by atoms with Crippen LogP contribution in [0.25, 0.3) is 0 Å². The number of hydrogen-bond donors (Lipinski definition) is 1. The van der Waals surface area contributed by atoms with Crippen molar-refractivity contribution < 1.29 is 27.8 Å². The molecule has 1 fully saturated rings. The van der Waals surface area contributed by atoms with E-state index in [-0.39, 0.29) is 6.04 Å². The van der Waals surface area contributed by atoms with E-state index in [0.717, 1.165) is 12.4 Å². The summed E-state index contributed by atoms with van der Waals surface area (Å²) >= 11 is 0. The maximum Gasteiger partial charge on any atom is 0.418 e. The minimum atomic E-state index is -4.70. The molecule has 118 valence electrons. The Morgan fingerprint density at radius 1 is 1.33 bits per heavy atom. The van der Waals surface area contributed by atoms with Crippen LogP contribution in [0.2, 0.25) is 0 Å². The highest BCUT2D eigenvalue weighted by atomic mass is 19.4. The zero-order valence-corrected chi connectivity index (χ0v) is 12.3. The highest BCUT2D eigenvalue weighted by Crippen LogP contribution is 2.46. The number of aromatic nitrogens is 1. The summed E-state index contributed by atoms with van der Waals surface area (Å²) in [6.07, 6.45) is -2.29. The van der Waals surface area contributed by atoms with E-state index in [1.807, 2.05) is 13.8 Å². The monoisotopic (exact) mass is 305 g/mol. The average molecular weight is 305 g/mol. The minimum Gasteiger partial charge on any atom is -0.478 e. The van der Waals surface area contributed by atoms with Gasteiger partial charge in [-0.15, -0.1) is 0 Å². The van der Waals surface area contributed by atoms with E-state index in [1.165, 1.54) is 4.57 Å². The highest BCUT2D eigenvalue weighted by molar-refractivity contribution is 5.89. The molecule has 0 aromatic carbocycles. The molecule has 0 amide bonds. The van der Waals surface area contributed by atoms with Crippen LogP contribution < -0.4 is 0 Å². The first-order chi connectivity index (χ1) is 9.33. The second-order valence-electron chi connectivity index (χ2n) is 6.52. The van der Waals surface area contributed by atoms with Crippen LogP contribution in [0.4, 0.5) is 13.2 Å². The molecule has 1 aromatic heterocycles. The Balaban J connectivity index is 2.49. The topological polar surface area (TPSA) is 51.5 Å². The number of nitrogens with zero attached hydrogens (tertiary/aromatic N) is 1. The summed E-state index contributed by atoms with van der Waals surface area (Å²) in [5, 5.41) is 8.97. The first kappa shape index (κ1) is 15.9. The molecule has 7 heteroatoms. The maximum atomic E-state index is 12.9. The zero-order chi connectivity index (χ0) is 16.2. The van der Waals surface area contributed by atoms with Gasteiger partial charge >= 0.3 is 12.1 Å². The van der Waals surface area contributed by atoms with Gasteiger partial charge in [-0.2, -0.15) is 13.2 Å². The fourth-order valence-corrected chi connectivity index (χ4v) is 3.05. The lowest BCUT2D eigenvalue weighted by Crippen LogP contribution is -2.30. The number of hydrogen-bond acceptors (Lipinski definition) is 2. The van der Waals surface area contributed by atoms with Gasteiger partial charge in [-0.1, -0.05) is 0 Å². The molecule has 0 spiro atoms. The van der Waals surface area contributed by atoms with Crippen molar-refractivity contribution in [3.63, 3.8) is 0 Å². The quantitative estimate of drug-likeness (QED) is 0.906. The molecule has 0 aliphatic carbocycles. The lowest BCUT2D eigenvalue weighted by atomic mass is 9.94. The number of rotatable bonds is 2. The van der Waals surface area contributed by atoms with E-state index < -0.39 is 34.5 Å². The van der Waals surface area contributed by atoms with E-state index in [4.69, 9.17) is 9.84 Å². The SMILES string of the molecule is CC1(C)CC(n2cc(C(=O)O)c(C(F)(F)F)c2)C(C)(C)O1. The Hall–Kier alpha value is -1.50. The molecule has 1 N–H and O–H groups in total. The number of carboxylic acid groups (broad SMARTS) is 1. The van der Waals surface area contributed by atoms with E-state index in [9.17, 15) is 18.0 Å². The zero-order valence-electron chi connectivity index (χ0n) is 12.3. The molecule has 2 heterocycles. The summed E-state index contributed by atoms with van der Waals surface area (Å²) in [6.45, 7) is 7.31. The summed E-state index contributed by atoms with van der Waals surface area (Å²) in [4.78, 5) is 11.0. The number of alkyl halides is 3. The van der Waals surface area contributed by atoms with Crippen molar-refractivity contribution in [3.05, 3.63) is 23.5 Å². The van der Waals surface area contributed by atoms with Crippen molar-refractivity contribution in [2.45, 2.75) is 57.5 Å². The van der Waals surface area contributed by atoms with Crippen molar-refractivity contribution in [2.24, 2.45) is 0 Å². The van der Waals surface area contributed by atoms with Gasteiger partial charge in [0.15, 0.2) is 0 Å². The molecule has 4 nitrogen and oxygen atoms in total. The van der Waals surface area contributed by atoms with Crippen LogP contribution in [0.5, 0.6) is 0 Å². The van der Waals surface area contributed by atoms with Gasteiger partial charge in [0, 0.05) is 12.4 Å². The Labute approximate surface area is 120 Å². The average Bonchev–Trinajstić information content (AvgIpc) is 2.75. The molecule has 21 heavy (non-hydrogen) atoms. The summed E-state index contributed by atoms with van der Waals surface area (Å²) in [5.41, 5.74) is -3.01. The van der Waals surface area contributed by atoms with Gasteiger partial charge in [0.1, 0.15) is 0 Å². The van der Waals surface area contributed by atoms with E-state index in [0.29, 0.717) is 6.42 Å². The minimum absolute atomic E-state index is 0.360. The number of halogens is 3. The summed E-state index contributed by atoms with van der Waals surface area (Å²) in [6, 6.07) is -0.360. The number of carbonyl (C=O) groups is 1. The molecule has 2 rings (SSSR count).